The van der Waals surface area contributed by atoms with E-state index in [2.05, 4.69) is 15.2 Å². The molecule has 0 saturated heterocycles. The second-order valence-electron chi connectivity index (χ2n) is 3.31. The van der Waals surface area contributed by atoms with Gasteiger partial charge < -0.3 is 4.98 Å². The Morgan fingerprint density at radius 3 is 2.93 bits per heavy atom. The second kappa shape index (κ2) is 2.88. The Morgan fingerprint density at radius 2 is 2.07 bits per heavy atom. The van der Waals surface area contributed by atoms with Crippen molar-refractivity contribution in [3.63, 3.8) is 0 Å². The van der Waals surface area contributed by atoms with Gasteiger partial charge in [0.05, 0.1) is 11.7 Å². The van der Waals surface area contributed by atoms with E-state index in [1.54, 1.807) is 6.20 Å². The normalized spacial score (nSPS) is 10.9. The first kappa shape index (κ1) is 8.11. The molecule has 2 aromatic heterocycles. The van der Waals surface area contributed by atoms with Gasteiger partial charge in [0.1, 0.15) is 5.69 Å². The molecule has 0 radical (unpaired) electrons. The summed E-state index contributed by atoms with van der Waals surface area (Å²) in [7, 11) is 0. The Morgan fingerprint density at radius 1 is 1.20 bits per heavy atom. The van der Waals surface area contributed by atoms with Gasteiger partial charge in [-0.25, -0.2) is 0 Å². The number of hydrogen-bond acceptors (Lipinski definition) is 3. The van der Waals surface area contributed by atoms with Crippen LogP contribution in [0.25, 0.3) is 21.8 Å². The molecule has 0 spiro atoms. The minimum atomic E-state index is 0.351. The molecular formula is C11H7N3O. The lowest BCUT2D eigenvalue weighted by Gasteiger charge is -1.90. The van der Waals surface area contributed by atoms with Crippen LogP contribution in [-0.2, 0) is 0 Å². The molecule has 15 heavy (non-hydrogen) atoms. The number of benzene rings is 1. The fourth-order valence-electron chi connectivity index (χ4n) is 1.78. The molecule has 3 aromatic rings. The van der Waals surface area contributed by atoms with Crippen LogP contribution in [0.3, 0.4) is 0 Å². The average molecular weight is 197 g/mol. The molecule has 0 amide bonds. The number of aldehydes is 1. The number of fused-ring (bicyclic) bond motifs is 3. The summed E-state index contributed by atoms with van der Waals surface area (Å²) in [6.45, 7) is 0. The highest BCUT2D eigenvalue weighted by atomic mass is 16.1. The Bertz CT molecular complexity index is 657. The quantitative estimate of drug-likeness (QED) is 0.606. The smallest absolute Gasteiger partial charge is 0.172 e. The Balaban J connectivity index is 2.59. The third-order valence-electron chi connectivity index (χ3n) is 2.47. The zero-order chi connectivity index (χ0) is 10.3. The van der Waals surface area contributed by atoms with Crippen LogP contribution in [0.4, 0.5) is 0 Å². The molecule has 3 rings (SSSR count). The zero-order valence-electron chi connectivity index (χ0n) is 7.77. The van der Waals surface area contributed by atoms with Crippen LogP contribution in [0.5, 0.6) is 0 Å². The minimum absolute atomic E-state index is 0.351. The molecule has 0 atom stereocenters. The van der Waals surface area contributed by atoms with Gasteiger partial charge in [-0.15, -0.1) is 5.10 Å². The van der Waals surface area contributed by atoms with E-state index in [4.69, 9.17) is 0 Å². The molecule has 0 aliphatic carbocycles. The number of nitrogens with one attached hydrogen (secondary N) is 1. The van der Waals surface area contributed by atoms with Gasteiger partial charge in [-0.2, -0.15) is 5.10 Å². The topological polar surface area (TPSA) is 58.6 Å². The van der Waals surface area contributed by atoms with Gasteiger partial charge >= 0.3 is 0 Å². The van der Waals surface area contributed by atoms with E-state index in [0.717, 1.165) is 21.8 Å². The number of aromatic nitrogens is 3. The fourth-order valence-corrected chi connectivity index (χ4v) is 1.78. The van der Waals surface area contributed by atoms with Crippen LogP contribution in [0, 0.1) is 0 Å². The molecule has 0 fully saturated rings. The van der Waals surface area contributed by atoms with E-state index in [9.17, 15) is 4.79 Å². The first-order chi connectivity index (χ1) is 7.40. The Labute approximate surface area is 84.9 Å². The summed E-state index contributed by atoms with van der Waals surface area (Å²) in [4.78, 5) is 13.9. The standard InChI is InChI=1S/C11H7N3O/c15-6-10-11-8(5-12-14-10)7-3-1-2-4-9(7)13-11/h1-6,13H. The number of carbonyl (C=O) groups excluding carboxylic acids is 1. The number of H-pyrrole nitrogens is 1. The van der Waals surface area contributed by atoms with Crippen LogP contribution in [0.2, 0.25) is 0 Å². The third kappa shape index (κ3) is 1.05. The van der Waals surface area contributed by atoms with Crippen molar-refractivity contribution in [1.82, 2.24) is 15.2 Å². The minimum Gasteiger partial charge on any atom is -0.353 e. The van der Waals surface area contributed by atoms with Gasteiger partial charge in [0.2, 0.25) is 0 Å². The van der Waals surface area contributed by atoms with E-state index in [-0.39, 0.29) is 0 Å². The number of rotatable bonds is 1. The molecule has 2 heterocycles. The van der Waals surface area contributed by atoms with Crippen molar-refractivity contribution in [2.45, 2.75) is 0 Å². The van der Waals surface area contributed by atoms with Crippen molar-refractivity contribution in [2.75, 3.05) is 0 Å². The molecule has 0 bridgehead atoms. The van der Waals surface area contributed by atoms with Gasteiger partial charge in [0.15, 0.2) is 6.29 Å². The Kier molecular flexibility index (Phi) is 1.56. The van der Waals surface area contributed by atoms with Crippen LogP contribution >= 0.6 is 0 Å². The Hall–Kier alpha value is -2.23. The first-order valence-electron chi connectivity index (χ1n) is 4.57. The largest absolute Gasteiger partial charge is 0.353 e. The van der Waals surface area contributed by atoms with E-state index >= 15 is 0 Å². The molecular weight excluding hydrogens is 190 g/mol. The molecule has 0 aliphatic heterocycles. The number of aromatic amines is 1. The van der Waals surface area contributed by atoms with Crippen molar-refractivity contribution >= 4 is 28.1 Å². The summed E-state index contributed by atoms with van der Waals surface area (Å²) < 4.78 is 0. The second-order valence-corrected chi connectivity index (χ2v) is 3.31. The molecule has 0 unspecified atom stereocenters. The molecule has 4 heteroatoms. The van der Waals surface area contributed by atoms with Crippen molar-refractivity contribution < 1.29 is 4.79 Å². The molecule has 4 nitrogen and oxygen atoms in total. The van der Waals surface area contributed by atoms with Crippen LogP contribution < -0.4 is 0 Å². The lowest BCUT2D eigenvalue weighted by Crippen LogP contribution is -1.90. The van der Waals surface area contributed by atoms with Crippen LogP contribution in [-0.4, -0.2) is 21.5 Å². The van der Waals surface area contributed by atoms with Gasteiger partial charge in [0.25, 0.3) is 0 Å². The summed E-state index contributed by atoms with van der Waals surface area (Å²) in [5, 5.41) is 9.57. The number of nitrogens with zero attached hydrogens (tertiary/aromatic N) is 2. The fraction of sp³-hybridized carbons (Fsp3) is 0. The summed E-state index contributed by atoms with van der Waals surface area (Å²) in [5.41, 5.74) is 2.09. The van der Waals surface area contributed by atoms with E-state index in [1.807, 2.05) is 24.3 Å². The molecule has 1 aromatic carbocycles. The lowest BCUT2D eigenvalue weighted by molar-refractivity contribution is 0.111. The zero-order valence-corrected chi connectivity index (χ0v) is 7.77. The molecule has 0 saturated carbocycles. The highest BCUT2D eigenvalue weighted by Gasteiger charge is 2.08. The van der Waals surface area contributed by atoms with Crippen LogP contribution in [0.15, 0.2) is 30.5 Å². The molecule has 72 valence electrons. The maximum atomic E-state index is 10.8. The van der Waals surface area contributed by atoms with Gasteiger partial charge in [-0.05, 0) is 6.07 Å². The van der Waals surface area contributed by atoms with Crippen molar-refractivity contribution in [1.29, 1.82) is 0 Å². The highest BCUT2D eigenvalue weighted by Crippen LogP contribution is 2.24. The van der Waals surface area contributed by atoms with Crippen molar-refractivity contribution in [3.8, 4) is 0 Å². The van der Waals surface area contributed by atoms with E-state index < -0.39 is 0 Å². The summed E-state index contributed by atoms with van der Waals surface area (Å²) in [6, 6.07) is 7.85. The lowest BCUT2D eigenvalue weighted by atomic mass is 10.2. The summed E-state index contributed by atoms with van der Waals surface area (Å²) in [5.74, 6) is 0. The maximum absolute atomic E-state index is 10.8. The predicted octanol–water partition coefficient (Wildman–Crippen LogP) is 1.92. The number of hydrogen-bond donors (Lipinski definition) is 1. The SMILES string of the molecule is O=Cc1nncc2c1[nH]c1ccccc12. The predicted molar refractivity (Wildman–Crippen MR) is 56.8 cm³/mol. The average Bonchev–Trinajstić information content (AvgIpc) is 2.67. The van der Waals surface area contributed by atoms with Gasteiger partial charge in [0, 0.05) is 16.3 Å². The maximum Gasteiger partial charge on any atom is 0.172 e. The van der Waals surface area contributed by atoms with E-state index in [1.165, 1.54) is 0 Å². The van der Waals surface area contributed by atoms with Crippen LogP contribution in [0.1, 0.15) is 10.5 Å². The van der Waals surface area contributed by atoms with Gasteiger partial charge in [-0.3, -0.25) is 4.79 Å². The monoisotopic (exact) mass is 197 g/mol. The van der Waals surface area contributed by atoms with Crippen molar-refractivity contribution in [2.24, 2.45) is 0 Å². The number of carbonyl (C=O) groups is 1. The highest BCUT2D eigenvalue weighted by molar-refractivity contribution is 6.10. The first-order valence-corrected chi connectivity index (χ1v) is 4.57. The third-order valence-corrected chi connectivity index (χ3v) is 2.47. The van der Waals surface area contributed by atoms with Crippen molar-refractivity contribution in [3.05, 3.63) is 36.2 Å². The molecule has 0 aliphatic rings. The number of para-hydroxylation sites is 1. The summed E-state index contributed by atoms with van der Waals surface area (Å²) in [6.07, 6.45) is 2.38. The van der Waals surface area contributed by atoms with Gasteiger partial charge in [-0.1, -0.05) is 18.2 Å². The van der Waals surface area contributed by atoms with E-state index in [0.29, 0.717) is 12.0 Å². The summed E-state index contributed by atoms with van der Waals surface area (Å²) >= 11 is 0. The molecule has 1 N–H and O–H groups in total.